The van der Waals surface area contributed by atoms with Crippen LogP contribution in [0.2, 0.25) is 0 Å². The van der Waals surface area contributed by atoms with Crippen LogP contribution in [0.5, 0.6) is 0 Å². The Labute approximate surface area is 145 Å². The maximum atomic E-state index is 12.2. The summed E-state index contributed by atoms with van der Waals surface area (Å²) in [4.78, 5) is 24.1. The number of aliphatic carboxylic acids is 1. The number of benzene rings is 1. The van der Waals surface area contributed by atoms with Gasteiger partial charge in [0, 0.05) is 35.5 Å². The van der Waals surface area contributed by atoms with Crippen molar-refractivity contribution in [1.29, 1.82) is 0 Å². The molecular formula is C17H23NO3S2. The van der Waals surface area contributed by atoms with Gasteiger partial charge in [0.15, 0.2) is 0 Å². The van der Waals surface area contributed by atoms with Crippen molar-refractivity contribution in [2.24, 2.45) is 0 Å². The van der Waals surface area contributed by atoms with Crippen LogP contribution >= 0.6 is 23.5 Å². The lowest BCUT2D eigenvalue weighted by Crippen LogP contribution is -2.46. The fraction of sp³-hybridized carbons (Fsp3) is 0.529. The number of thioether (sulfide) groups is 2. The molecule has 0 radical (unpaired) electrons. The van der Waals surface area contributed by atoms with Gasteiger partial charge in [-0.25, -0.2) is 0 Å². The summed E-state index contributed by atoms with van der Waals surface area (Å²) < 4.78 is 0. The first kappa shape index (κ1) is 18.2. The number of carboxylic acids is 1. The van der Waals surface area contributed by atoms with E-state index in [0.717, 1.165) is 22.8 Å². The highest BCUT2D eigenvalue weighted by Crippen LogP contribution is 2.29. The van der Waals surface area contributed by atoms with E-state index in [0.29, 0.717) is 18.1 Å². The molecule has 126 valence electrons. The van der Waals surface area contributed by atoms with Crippen LogP contribution in [0.4, 0.5) is 0 Å². The van der Waals surface area contributed by atoms with E-state index < -0.39 is 11.4 Å². The summed E-state index contributed by atoms with van der Waals surface area (Å²) in [6.07, 6.45) is 0.895. The van der Waals surface area contributed by atoms with Gasteiger partial charge in [-0.1, -0.05) is 37.3 Å². The van der Waals surface area contributed by atoms with Crippen molar-refractivity contribution in [3.63, 3.8) is 0 Å². The second-order valence-electron chi connectivity index (χ2n) is 5.66. The lowest BCUT2D eigenvalue weighted by Gasteiger charge is -2.29. The Kier molecular flexibility index (Phi) is 6.84. The van der Waals surface area contributed by atoms with E-state index in [-0.39, 0.29) is 12.5 Å². The highest BCUT2D eigenvalue weighted by atomic mass is 32.2. The summed E-state index contributed by atoms with van der Waals surface area (Å²) >= 11 is 3.72. The van der Waals surface area contributed by atoms with Crippen molar-refractivity contribution < 1.29 is 14.7 Å². The van der Waals surface area contributed by atoms with Gasteiger partial charge >= 0.3 is 5.97 Å². The zero-order chi connectivity index (χ0) is 16.7. The van der Waals surface area contributed by atoms with Gasteiger partial charge in [-0.05, 0) is 12.0 Å². The molecule has 2 unspecified atom stereocenters. The first-order chi connectivity index (χ1) is 11.1. The summed E-state index contributed by atoms with van der Waals surface area (Å²) in [6, 6.07) is 9.16. The third kappa shape index (κ3) is 4.67. The number of carbonyl (C=O) groups is 2. The molecule has 1 amide bonds. The number of hydrogen-bond donors (Lipinski definition) is 2. The molecule has 0 aromatic heterocycles. The third-order valence-electron chi connectivity index (χ3n) is 4.22. The standard InChI is InChI=1S/C17H23NO3S2/c1-2-17(16(20)21,13-6-4-3-5-7-13)12-18-15(19)10-14-11-22-8-9-23-14/h3-7,14H,2,8-12H2,1H3,(H,18,19)(H,20,21). The Hall–Kier alpha value is -1.14. The Bertz CT molecular complexity index is 532. The number of rotatable bonds is 7. The van der Waals surface area contributed by atoms with Crippen LogP contribution in [0.1, 0.15) is 25.3 Å². The molecule has 0 spiro atoms. The van der Waals surface area contributed by atoms with Crippen molar-refractivity contribution in [2.45, 2.75) is 30.4 Å². The molecule has 1 aliphatic heterocycles. The summed E-state index contributed by atoms with van der Waals surface area (Å²) in [5, 5.41) is 13.0. The quantitative estimate of drug-likeness (QED) is 0.789. The largest absolute Gasteiger partial charge is 0.481 e. The second kappa shape index (κ2) is 8.64. The van der Waals surface area contributed by atoms with Gasteiger partial charge in [-0.15, -0.1) is 0 Å². The van der Waals surface area contributed by atoms with E-state index in [2.05, 4.69) is 5.32 Å². The Morgan fingerprint density at radius 3 is 2.61 bits per heavy atom. The first-order valence-electron chi connectivity index (χ1n) is 7.83. The van der Waals surface area contributed by atoms with Crippen LogP contribution in [-0.2, 0) is 15.0 Å². The number of carbonyl (C=O) groups excluding carboxylic acids is 1. The predicted octanol–water partition coefficient (Wildman–Crippen LogP) is 2.77. The molecule has 2 N–H and O–H groups in total. The van der Waals surface area contributed by atoms with Gasteiger partial charge in [-0.2, -0.15) is 23.5 Å². The molecule has 1 aliphatic rings. The number of hydrogen-bond acceptors (Lipinski definition) is 4. The number of amides is 1. The highest BCUT2D eigenvalue weighted by Gasteiger charge is 2.39. The topological polar surface area (TPSA) is 66.4 Å². The number of nitrogens with one attached hydrogen (secondary N) is 1. The smallest absolute Gasteiger partial charge is 0.315 e. The molecule has 1 aromatic rings. The van der Waals surface area contributed by atoms with E-state index in [1.54, 1.807) is 0 Å². The van der Waals surface area contributed by atoms with E-state index >= 15 is 0 Å². The first-order valence-corrected chi connectivity index (χ1v) is 10.0. The molecular weight excluding hydrogens is 330 g/mol. The molecule has 2 rings (SSSR count). The molecule has 6 heteroatoms. The van der Waals surface area contributed by atoms with Gasteiger partial charge < -0.3 is 10.4 Å². The monoisotopic (exact) mass is 353 g/mol. The highest BCUT2D eigenvalue weighted by molar-refractivity contribution is 8.06. The van der Waals surface area contributed by atoms with Crippen molar-refractivity contribution in [1.82, 2.24) is 5.32 Å². The van der Waals surface area contributed by atoms with Crippen LogP contribution in [0.25, 0.3) is 0 Å². The van der Waals surface area contributed by atoms with Crippen molar-refractivity contribution in [3.8, 4) is 0 Å². The van der Waals surface area contributed by atoms with Crippen LogP contribution in [0, 0.1) is 0 Å². The van der Waals surface area contributed by atoms with Crippen LogP contribution in [0.15, 0.2) is 30.3 Å². The van der Waals surface area contributed by atoms with Gasteiger partial charge in [0.2, 0.25) is 5.91 Å². The molecule has 0 aliphatic carbocycles. The summed E-state index contributed by atoms with van der Waals surface area (Å²) in [5.74, 6) is 2.28. The molecule has 1 saturated heterocycles. The van der Waals surface area contributed by atoms with Gasteiger partial charge in [-0.3, -0.25) is 9.59 Å². The van der Waals surface area contributed by atoms with Crippen LogP contribution in [-0.4, -0.2) is 46.0 Å². The molecule has 2 atom stereocenters. The van der Waals surface area contributed by atoms with Gasteiger partial charge in [0.05, 0.1) is 0 Å². The minimum atomic E-state index is -1.06. The summed E-state index contributed by atoms with van der Waals surface area (Å²) in [7, 11) is 0. The zero-order valence-electron chi connectivity index (χ0n) is 13.3. The third-order valence-corrected chi connectivity index (χ3v) is 7.07. The van der Waals surface area contributed by atoms with Gasteiger partial charge in [0.25, 0.3) is 0 Å². The van der Waals surface area contributed by atoms with E-state index in [1.165, 1.54) is 0 Å². The fourth-order valence-electron chi connectivity index (χ4n) is 2.72. The van der Waals surface area contributed by atoms with Crippen molar-refractivity contribution >= 4 is 35.4 Å². The molecule has 1 heterocycles. The molecule has 0 bridgehead atoms. The second-order valence-corrected chi connectivity index (χ2v) is 8.21. The lowest BCUT2D eigenvalue weighted by atomic mass is 9.78. The molecule has 1 aromatic carbocycles. The molecule has 4 nitrogen and oxygen atoms in total. The molecule has 0 saturated carbocycles. The van der Waals surface area contributed by atoms with Crippen molar-refractivity contribution in [3.05, 3.63) is 35.9 Å². The zero-order valence-corrected chi connectivity index (χ0v) is 14.9. The Balaban J connectivity index is 2.01. The Morgan fingerprint density at radius 2 is 2.04 bits per heavy atom. The van der Waals surface area contributed by atoms with Crippen LogP contribution < -0.4 is 5.32 Å². The Morgan fingerprint density at radius 1 is 1.30 bits per heavy atom. The normalized spacial score (nSPS) is 20.5. The average molecular weight is 354 g/mol. The maximum Gasteiger partial charge on any atom is 0.315 e. The maximum absolute atomic E-state index is 12.2. The average Bonchev–Trinajstić information content (AvgIpc) is 2.57. The minimum absolute atomic E-state index is 0.0555. The molecule has 23 heavy (non-hydrogen) atoms. The minimum Gasteiger partial charge on any atom is -0.481 e. The van der Waals surface area contributed by atoms with E-state index in [1.807, 2.05) is 60.8 Å². The van der Waals surface area contributed by atoms with Crippen molar-refractivity contribution in [2.75, 3.05) is 23.8 Å². The summed E-state index contributed by atoms with van der Waals surface area (Å²) in [6.45, 7) is 1.98. The van der Waals surface area contributed by atoms with E-state index in [9.17, 15) is 14.7 Å². The molecule has 1 fully saturated rings. The van der Waals surface area contributed by atoms with E-state index in [4.69, 9.17) is 0 Å². The lowest BCUT2D eigenvalue weighted by molar-refractivity contribution is -0.144. The summed E-state index contributed by atoms with van der Waals surface area (Å²) in [5.41, 5.74) is -0.330. The van der Waals surface area contributed by atoms with Crippen LogP contribution in [0.3, 0.4) is 0 Å². The number of carboxylic acid groups (broad SMARTS) is 1. The SMILES string of the molecule is CCC(CNC(=O)CC1CSCCS1)(C(=O)O)c1ccccc1. The van der Waals surface area contributed by atoms with Gasteiger partial charge in [0.1, 0.15) is 5.41 Å². The predicted molar refractivity (Wildman–Crippen MR) is 97.2 cm³/mol. The fourth-order valence-corrected chi connectivity index (χ4v) is 5.40.